The highest BCUT2D eigenvalue weighted by Crippen LogP contribution is 2.21. The Morgan fingerprint density at radius 2 is 2.11 bits per heavy atom. The molecule has 0 fully saturated rings. The van der Waals surface area contributed by atoms with E-state index in [2.05, 4.69) is 5.73 Å². The van der Waals surface area contributed by atoms with Crippen molar-refractivity contribution in [3.05, 3.63) is 23.2 Å². The molecule has 9 heavy (non-hydrogen) atoms. The van der Waals surface area contributed by atoms with Crippen LogP contribution in [0.3, 0.4) is 0 Å². The van der Waals surface area contributed by atoms with E-state index >= 15 is 0 Å². The Bertz CT molecular complexity index is 224. The van der Waals surface area contributed by atoms with Crippen molar-refractivity contribution in [2.45, 2.75) is 0 Å². The van der Waals surface area contributed by atoms with Crippen LogP contribution in [0.1, 0.15) is 0 Å². The van der Waals surface area contributed by atoms with Crippen LogP contribution in [0, 0.1) is 0 Å². The molecular weight excluding hydrogens is 138 g/mol. The zero-order chi connectivity index (χ0) is 6.85. The maximum Gasteiger partial charge on any atom is 0.177 e. The number of hydrogen-bond acceptors (Lipinski definition) is 1. The van der Waals surface area contributed by atoms with Gasteiger partial charge in [-0.1, -0.05) is 11.6 Å². The van der Waals surface area contributed by atoms with E-state index < -0.39 is 0 Å². The van der Waals surface area contributed by atoms with Gasteiger partial charge in [-0.25, -0.2) is 0 Å². The number of phenols is 1. The van der Waals surface area contributed by atoms with E-state index in [-0.39, 0.29) is 5.75 Å². The molecule has 1 aromatic rings. The molecule has 0 heterocycles. The van der Waals surface area contributed by atoms with Crippen molar-refractivity contribution in [2.24, 2.45) is 0 Å². The summed E-state index contributed by atoms with van der Waals surface area (Å²) < 4.78 is 0. The third-order valence-electron chi connectivity index (χ3n) is 1.04. The number of phenolic OH excluding ortho intramolecular Hbond substituents is 1. The molecule has 3 heteroatoms. The Morgan fingerprint density at radius 1 is 1.44 bits per heavy atom. The van der Waals surface area contributed by atoms with Crippen molar-refractivity contribution >= 4 is 17.3 Å². The molecule has 0 aliphatic rings. The van der Waals surface area contributed by atoms with Crippen LogP contribution in [0.15, 0.2) is 18.2 Å². The van der Waals surface area contributed by atoms with E-state index in [0.717, 1.165) is 0 Å². The van der Waals surface area contributed by atoms with Crippen LogP contribution in [0.4, 0.5) is 5.69 Å². The molecule has 0 unspecified atom stereocenters. The summed E-state index contributed by atoms with van der Waals surface area (Å²) in [4.78, 5) is 0. The molecule has 0 amide bonds. The number of benzene rings is 1. The number of halogens is 1. The van der Waals surface area contributed by atoms with Gasteiger partial charge in [0.1, 0.15) is 0 Å². The molecule has 2 nitrogen and oxygen atoms in total. The first-order valence-corrected chi connectivity index (χ1v) is 2.88. The third-order valence-corrected chi connectivity index (χ3v) is 1.28. The monoisotopic (exact) mass is 144 g/mol. The van der Waals surface area contributed by atoms with Crippen molar-refractivity contribution in [2.75, 3.05) is 0 Å². The number of hydrogen-bond donors (Lipinski definition) is 2. The summed E-state index contributed by atoms with van der Waals surface area (Å²) >= 11 is 5.57. The minimum absolute atomic E-state index is 0.180. The summed E-state index contributed by atoms with van der Waals surface area (Å²) in [6.07, 6.45) is 0. The molecule has 48 valence electrons. The molecular formula is C6H7ClNO+. The van der Waals surface area contributed by atoms with E-state index in [9.17, 15) is 0 Å². The second kappa shape index (κ2) is 2.25. The molecule has 0 spiro atoms. The summed E-state index contributed by atoms with van der Waals surface area (Å²) in [7, 11) is 0. The third kappa shape index (κ3) is 1.34. The Hall–Kier alpha value is -0.730. The lowest BCUT2D eigenvalue weighted by Gasteiger charge is -1.92. The van der Waals surface area contributed by atoms with Gasteiger partial charge in [-0.2, -0.15) is 0 Å². The van der Waals surface area contributed by atoms with Crippen LogP contribution in [0.25, 0.3) is 0 Å². The fourth-order valence-corrected chi connectivity index (χ4v) is 0.749. The molecule has 4 N–H and O–H groups in total. The number of aromatic hydroxyl groups is 1. The van der Waals surface area contributed by atoms with E-state index in [1.807, 2.05) is 0 Å². The molecule has 0 aliphatic heterocycles. The van der Waals surface area contributed by atoms with Crippen LogP contribution in [-0.2, 0) is 0 Å². The second-order valence-electron chi connectivity index (χ2n) is 1.77. The van der Waals surface area contributed by atoms with Crippen LogP contribution < -0.4 is 5.73 Å². The van der Waals surface area contributed by atoms with Crippen LogP contribution >= 0.6 is 11.6 Å². The largest absolute Gasteiger partial charge is 0.503 e. The van der Waals surface area contributed by atoms with Gasteiger partial charge in [-0.05, 0) is 12.1 Å². The molecule has 0 aliphatic carbocycles. The maximum atomic E-state index is 8.92. The minimum Gasteiger partial charge on any atom is -0.503 e. The molecule has 0 aromatic heterocycles. The van der Waals surface area contributed by atoms with Crippen molar-refractivity contribution < 1.29 is 10.8 Å². The van der Waals surface area contributed by atoms with Gasteiger partial charge in [-0.3, -0.25) is 0 Å². The topological polar surface area (TPSA) is 47.9 Å². The van der Waals surface area contributed by atoms with Gasteiger partial charge in [0.2, 0.25) is 0 Å². The zero-order valence-corrected chi connectivity index (χ0v) is 5.52. The maximum absolute atomic E-state index is 8.92. The zero-order valence-electron chi connectivity index (χ0n) is 4.76. The fourth-order valence-electron chi connectivity index (χ4n) is 0.554. The first-order chi connectivity index (χ1) is 4.20. The Labute approximate surface area is 57.9 Å². The first-order valence-electron chi connectivity index (χ1n) is 2.50. The van der Waals surface area contributed by atoms with E-state index in [1.165, 1.54) is 6.07 Å². The molecule has 1 rings (SSSR count). The second-order valence-corrected chi connectivity index (χ2v) is 2.21. The average molecular weight is 145 g/mol. The summed E-state index contributed by atoms with van der Waals surface area (Å²) in [5.74, 6) is 0.180. The summed E-state index contributed by atoms with van der Waals surface area (Å²) in [6, 6.07) is 4.74. The predicted molar refractivity (Wildman–Crippen MR) is 35.7 cm³/mol. The van der Waals surface area contributed by atoms with Gasteiger partial charge in [0, 0.05) is 11.1 Å². The smallest absolute Gasteiger partial charge is 0.177 e. The fraction of sp³-hybridized carbons (Fsp3) is 0. The highest BCUT2D eigenvalue weighted by Gasteiger charge is 1.97. The Kier molecular flexibility index (Phi) is 1.60. The van der Waals surface area contributed by atoms with Crippen molar-refractivity contribution in [3.63, 3.8) is 0 Å². The van der Waals surface area contributed by atoms with Crippen molar-refractivity contribution in [3.8, 4) is 5.75 Å². The van der Waals surface area contributed by atoms with E-state index in [4.69, 9.17) is 16.7 Å². The van der Waals surface area contributed by atoms with E-state index in [0.29, 0.717) is 10.7 Å². The van der Waals surface area contributed by atoms with Crippen LogP contribution in [-0.4, -0.2) is 5.11 Å². The van der Waals surface area contributed by atoms with Gasteiger partial charge in [-0.15, -0.1) is 0 Å². The molecule has 0 bridgehead atoms. The quantitative estimate of drug-likeness (QED) is 0.559. The summed E-state index contributed by atoms with van der Waals surface area (Å²) in [5.41, 5.74) is 4.10. The van der Waals surface area contributed by atoms with Gasteiger partial charge < -0.3 is 10.8 Å². The highest BCUT2D eigenvalue weighted by atomic mass is 35.5. The Morgan fingerprint density at radius 3 is 2.56 bits per heavy atom. The predicted octanol–water partition coefficient (Wildman–Crippen LogP) is 0.919. The Balaban J connectivity index is 3.17. The van der Waals surface area contributed by atoms with E-state index in [1.54, 1.807) is 12.1 Å². The molecule has 0 radical (unpaired) electrons. The summed E-state index contributed by atoms with van der Waals surface area (Å²) in [6.45, 7) is 0. The van der Waals surface area contributed by atoms with Gasteiger partial charge >= 0.3 is 0 Å². The van der Waals surface area contributed by atoms with Crippen LogP contribution in [0.2, 0.25) is 5.02 Å². The molecule has 0 atom stereocenters. The lowest BCUT2D eigenvalue weighted by Crippen LogP contribution is -2.40. The normalized spacial score (nSPS) is 9.56. The molecule has 0 saturated carbocycles. The summed E-state index contributed by atoms with van der Waals surface area (Å²) in [5, 5.41) is 9.52. The SMILES string of the molecule is [NH3+]c1cc(Cl)ccc1O. The highest BCUT2D eigenvalue weighted by molar-refractivity contribution is 6.30. The van der Waals surface area contributed by atoms with Crippen molar-refractivity contribution in [1.82, 2.24) is 0 Å². The van der Waals surface area contributed by atoms with Crippen LogP contribution in [0.5, 0.6) is 5.75 Å². The lowest BCUT2D eigenvalue weighted by molar-refractivity contribution is -0.256. The van der Waals surface area contributed by atoms with Crippen molar-refractivity contribution in [1.29, 1.82) is 0 Å². The number of rotatable bonds is 0. The minimum atomic E-state index is 0.180. The standard InChI is InChI=1S/C6H6ClNO/c7-4-1-2-6(9)5(8)3-4/h1-3,9H,8H2/p+1. The van der Waals surface area contributed by atoms with Gasteiger partial charge in [0.15, 0.2) is 11.4 Å². The molecule has 1 aromatic carbocycles. The molecule has 0 saturated heterocycles. The first kappa shape index (κ1) is 6.39. The lowest BCUT2D eigenvalue weighted by atomic mass is 10.3. The average Bonchev–Trinajstić information content (AvgIpc) is 1.80. The van der Waals surface area contributed by atoms with Gasteiger partial charge in [0.05, 0.1) is 0 Å². The number of quaternary nitrogens is 1. The van der Waals surface area contributed by atoms with Gasteiger partial charge in [0.25, 0.3) is 0 Å².